The molecule has 2 atom stereocenters. The number of hydrogen-bond donors (Lipinski definition) is 1. The van der Waals surface area contributed by atoms with Crippen molar-refractivity contribution < 1.29 is 38.5 Å². The Morgan fingerprint density at radius 2 is 1.42 bits per heavy atom. The first kappa shape index (κ1) is 34.5. The molecule has 11 heteroatoms. The number of ether oxygens (including phenoxy) is 3. The third-order valence-corrected chi connectivity index (χ3v) is 4.72. The van der Waals surface area contributed by atoms with E-state index in [0.717, 1.165) is 0 Å². The molecule has 0 fully saturated rings. The molecule has 8 nitrogen and oxygen atoms in total. The van der Waals surface area contributed by atoms with Gasteiger partial charge in [0.1, 0.15) is 11.4 Å². The van der Waals surface area contributed by atoms with E-state index in [4.69, 9.17) is 21.2 Å². The lowest BCUT2D eigenvalue weighted by Crippen LogP contribution is -2.40. The number of carbonyl (C=O) groups is 4. The van der Waals surface area contributed by atoms with Crippen LogP contribution in [0.15, 0.2) is 18.7 Å². The van der Waals surface area contributed by atoms with E-state index in [1.54, 1.807) is 13.8 Å². The molecule has 1 N–H and O–H groups in total. The average molecular weight is 638 g/mol. The van der Waals surface area contributed by atoms with Crippen molar-refractivity contribution in [1.82, 2.24) is 0 Å². The summed E-state index contributed by atoms with van der Waals surface area (Å²) >= 11 is 8.85. The van der Waals surface area contributed by atoms with E-state index in [-0.39, 0.29) is 22.7 Å². The number of hydrogen-bond acceptors (Lipinski definition) is 8. The first-order valence-corrected chi connectivity index (χ1v) is 11.5. The summed E-state index contributed by atoms with van der Waals surface area (Å²) in [6.45, 7) is 17.5. The number of carbonyl (C=O) groups excluding carboxylic acids is 4. The predicted octanol–water partition coefficient (Wildman–Crippen LogP) is 3.80. The van der Waals surface area contributed by atoms with Crippen LogP contribution in [0.25, 0.3) is 0 Å². The first-order valence-electron chi connectivity index (χ1n) is 8.85. The van der Waals surface area contributed by atoms with Crippen LogP contribution < -0.4 is 0 Å². The minimum absolute atomic E-state index is 0.0116. The molecule has 0 aliphatic rings. The molecule has 0 bridgehead atoms. The number of esters is 3. The molecule has 0 aromatic rings. The van der Waals surface area contributed by atoms with Crippen LogP contribution in [-0.2, 0) is 33.4 Å². The summed E-state index contributed by atoms with van der Waals surface area (Å²) in [6, 6.07) is 0. The van der Waals surface area contributed by atoms with Crippen LogP contribution in [0.5, 0.6) is 0 Å². The van der Waals surface area contributed by atoms with E-state index in [0.29, 0.717) is 0 Å². The molecule has 0 heterocycles. The molecular formula is C20H30Br3O8+. The first-order chi connectivity index (χ1) is 13.9. The Morgan fingerprint density at radius 1 is 1.00 bits per heavy atom. The molecule has 178 valence electrons. The Kier molecular flexibility index (Phi) is 19.4. The molecule has 0 aromatic heterocycles. The van der Waals surface area contributed by atoms with Crippen molar-refractivity contribution in [3.05, 3.63) is 25.3 Å². The van der Waals surface area contributed by atoms with Gasteiger partial charge >= 0.3 is 17.9 Å². The lowest BCUT2D eigenvalue weighted by atomic mass is 10.1. The fourth-order valence-electron chi connectivity index (χ4n) is 0.983. The van der Waals surface area contributed by atoms with Gasteiger partial charge in [-0.3, -0.25) is 9.59 Å². The summed E-state index contributed by atoms with van der Waals surface area (Å²) in [4.78, 5) is 42.8. The molecule has 0 aromatic carbocycles. The van der Waals surface area contributed by atoms with Crippen LogP contribution in [0.1, 0.15) is 41.5 Å². The van der Waals surface area contributed by atoms with E-state index >= 15 is 0 Å². The zero-order valence-corrected chi connectivity index (χ0v) is 23.2. The summed E-state index contributed by atoms with van der Waals surface area (Å²) in [5.41, 5.74) is -2.70. The van der Waals surface area contributed by atoms with Gasteiger partial charge in [-0.1, -0.05) is 44.5 Å². The molecule has 0 amide bonds. The van der Waals surface area contributed by atoms with E-state index in [1.807, 2.05) is 0 Å². The summed E-state index contributed by atoms with van der Waals surface area (Å²) in [6.07, 6.45) is 2.65. The maximum Gasteiger partial charge on any atom is 0.350 e. The molecule has 0 aliphatic carbocycles. The van der Waals surface area contributed by atoms with Crippen LogP contribution in [0.4, 0.5) is 0 Å². The molecular weight excluding hydrogens is 608 g/mol. The minimum Gasteiger partial charge on any atom is -0.459 e. The van der Waals surface area contributed by atoms with Gasteiger partial charge in [0.2, 0.25) is 16.9 Å². The van der Waals surface area contributed by atoms with Crippen molar-refractivity contribution in [3.63, 3.8) is 0 Å². The van der Waals surface area contributed by atoms with Crippen LogP contribution in [0.3, 0.4) is 0 Å². The number of halogens is 3. The van der Waals surface area contributed by atoms with E-state index in [1.165, 1.54) is 39.8 Å². The van der Waals surface area contributed by atoms with Gasteiger partial charge in [-0.2, -0.15) is 0 Å². The third kappa shape index (κ3) is 20.5. The fraction of sp³-hybridized carbons (Fsp3) is 0.600. The molecule has 2 unspecified atom stereocenters. The topological polar surface area (TPSA) is 116 Å². The van der Waals surface area contributed by atoms with Crippen LogP contribution in [0.2, 0.25) is 0 Å². The number of aliphatic hydroxyl groups is 1. The van der Waals surface area contributed by atoms with Gasteiger partial charge in [0.15, 0.2) is 18.3 Å². The Hall–Kier alpha value is -1.13. The molecule has 0 saturated heterocycles. The maximum atomic E-state index is 11.4. The lowest BCUT2D eigenvalue weighted by molar-refractivity contribution is -0.177. The monoisotopic (exact) mass is 635 g/mol. The standard InChI is InChI=1S/C10H15BrO4.C7H11O3.C3H4Br2O/c1-5-6-14-9(13)10(3,4)15-8(12)7(2)11;1-4-5-10-6(8)7(2,3)9;1-2(4)3(5)6/h5,7H,1,6H2,2-4H3;1,4,9H,5H2,2-3H3;2H,1H3/q;+1;. The predicted molar refractivity (Wildman–Crippen MR) is 128 cm³/mol. The molecule has 0 rings (SSSR count). The summed E-state index contributed by atoms with van der Waals surface area (Å²) in [7, 11) is 0. The summed E-state index contributed by atoms with van der Waals surface area (Å²) in [5.74, 6) is -1.77. The second kappa shape index (κ2) is 17.4. The zero-order chi connectivity index (χ0) is 25.4. The van der Waals surface area contributed by atoms with Gasteiger partial charge in [0.25, 0.3) is 0 Å². The Labute approximate surface area is 209 Å². The highest BCUT2D eigenvalue weighted by atomic mass is 79.9. The van der Waals surface area contributed by atoms with Crippen molar-refractivity contribution in [3.8, 4) is 0 Å². The van der Waals surface area contributed by atoms with Gasteiger partial charge in [-0.15, -0.1) is 0 Å². The zero-order valence-electron chi connectivity index (χ0n) is 18.4. The Morgan fingerprint density at radius 3 is 1.71 bits per heavy atom. The Balaban J connectivity index is -0.000000421. The summed E-state index contributed by atoms with van der Waals surface area (Å²) < 4.78 is 14.2. The molecule has 0 saturated carbocycles. The van der Waals surface area contributed by atoms with E-state index in [2.05, 4.69) is 59.1 Å². The normalized spacial score (nSPS) is 12.3. The SMILES string of the molecule is C=CCOC(=O)C(C)(C)OC(=O)C(C)Br.CC(Br)C(=O)Br.[CH+]=CCOC(=O)C(C)(C)O. The quantitative estimate of drug-likeness (QED) is 0.101. The third-order valence-electron chi connectivity index (χ3n) is 2.63. The van der Waals surface area contributed by atoms with E-state index in [9.17, 15) is 19.2 Å². The summed E-state index contributed by atoms with van der Waals surface area (Å²) in [5, 5.41) is 8.98. The highest BCUT2D eigenvalue weighted by Gasteiger charge is 2.34. The van der Waals surface area contributed by atoms with Crippen molar-refractivity contribution in [2.75, 3.05) is 13.2 Å². The van der Waals surface area contributed by atoms with Gasteiger partial charge in [0, 0.05) is 0 Å². The van der Waals surface area contributed by atoms with Crippen LogP contribution in [0, 0.1) is 6.58 Å². The Bertz CT molecular complexity index is 608. The largest absolute Gasteiger partial charge is 0.459 e. The van der Waals surface area contributed by atoms with Gasteiger partial charge in [-0.05, 0) is 57.5 Å². The van der Waals surface area contributed by atoms with E-state index < -0.39 is 33.9 Å². The number of rotatable bonds is 9. The molecule has 31 heavy (non-hydrogen) atoms. The average Bonchev–Trinajstić information content (AvgIpc) is 2.63. The number of alkyl halides is 2. The highest BCUT2D eigenvalue weighted by molar-refractivity contribution is 9.20. The van der Waals surface area contributed by atoms with Gasteiger partial charge in [-0.25, -0.2) is 9.59 Å². The smallest absolute Gasteiger partial charge is 0.350 e. The minimum atomic E-state index is -1.43. The van der Waals surface area contributed by atoms with Crippen LogP contribution >= 0.6 is 47.8 Å². The van der Waals surface area contributed by atoms with Crippen molar-refractivity contribution in [2.45, 2.75) is 62.4 Å². The van der Waals surface area contributed by atoms with Crippen molar-refractivity contribution in [1.29, 1.82) is 0 Å². The fourth-order valence-corrected chi connectivity index (χ4v) is 1.08. The van der Waals surface area contributed by atoms with Crippen molar-refractivity contribution >= 4 is 70.4 Å². The van der Waals surface area contributed by atoms with Crippen LogP contribution in [-0.4, -0.2) is 61.8 Å². The molecule has 0 aliphatic heterocycles. The second-order valence-electron chi connectivity index (χ2n) is 6.75. The van der Waals surface area contributed by atoms with Gasteiger partial charge < -0.3 is 19.3 Å². The molecule has 0 spiro atoms. The molecule has 0 radical (unpaired) electrons. The maximum absolute atomic E-state index is 11.4. The second-order valence-corrected chi connectivity index (χ2v) is 10.3. The van der Waals surface area contributed by atoms with Gasteiger partial charge in [0.05, 0.1) is 4.83 Å². The highest BCUT2D eigenvalue weighted by Crippen LogP contribution is 2.15. The van der Waals surface area contributed by atoms with Crippen molar-refractivity contribution in [2.24, 2.45) is 0 Å². The lowest BCUT2D eigenvalue weighted by Gasteiger charge is -2.23.